The first-order valence-electron chi connectivity index (χ1n) is 5.29. The van der Waals surface area contributed by atoms with Crippen LogP contribution in [-0.4, -0.2) is 14.2 Å². The summed E-state index contributed by atoms with van der Waals surface area (Å²) in [6, 6.07) is 7.51. The summed E-state index contributed by atoms with van der Waals surface area (Å²) in [6.45, 7) is 1.89. The normalized spacial score (nSPS) is 11.4. The second-order valence-electron chi connectivity index (χ2n) is 3.40. The van der Waals surface area contributed by atoms with Gasteiger partial charge in [0.05, 0.1) is 31.6 Å². The van der Waals surface area contributed by atoms with E-state index in [4.69, 9.17) is 20.5 Å². The Morgan fingerprint density at radius 3 is 2.53 bits per heavy atom. The van der Waals surface area contributed by atoms with Crippen molar-refractivity contribution in [2.45, 2.75) is 13.3 Å². The molecule has 2 N–H and O–H groups in total. The molecule has 1 aromatic rings. The van der Waals surface area contributed by atoms with Crippen molar-refractivity contribution in [3.63, 3.8) is 0 Å². The minimum absolute atomic E-state index is 0.436. The molecule has 0 atom stereocenters. The van der Waals surface area contributed by atoms with Crippen molar-refractivity contribution in [3.8, 4) is 17.6 Å². The highest BCUT2D eigenvalue weighted by atomic mass is 16.5. The Kier molecular flexibility index (Phi) is 4.41. The summed E-state index contributed by atoms with van der Waals surface area (Å²) in [5, 5.41) is 8.99. The largest absolute Gasteiger partial charge is 0.493 e. The van der Waals surface area contributed by atoms with Crippen molar-refractivity contribution in [2.75, 3.05) is 14.2 Å². The number of benzene rings is 1. The first-order valence-corrected chi connectivity index (χ1v) is 5.29. The maximum absolute atomic E-state index is 8.99. The Morgan fingerprint density at radius 1 is 1.35 bits per heavy atom. The van der Waals surface area contributed by atoms with Gasteiger partial charge in [-0.05, 0) is 18.6 Å². The minimum Gasteiger partial charge on any atom is -0.493 e. The van der Waals surface area contributed by atoms with Crippen LogP contribution in [0.1, 0.15) is 18.9 Å². The predicted molar refractivity (Wildman–Crippen MR) is 66.6 cm³/mol. The van der Waals surface area contributed by atoms with Crippen LogP contribution in [0.2, 0.25) is 0 Å². The summed E-state index contributed by atoms with van der Waals surface area (Å²) in [7, 11) is 3.11. The van der Waals surface area contributed by atoms with Crippen LogP contribution in [0.3, 0.4) is 0 Å². The number of allylic oxidation sites excluding steroid dienone is 1. The molecule has 90 valence electrons. The van der Waals surface area contributed by atoms with Crippen LogP contribution < -0.4 is 15.2 Å². The summed E-state index contributed by atoms with van der Waals surface area (Å²) in [5.74, 6) is 1.15. The van der Waals surface area contributed by atoms with Gasteiger partial charge >= 0.3 is 0 Å². The Bertz CT molecular complexity index is 473. The van der Waals surface area contributed by atoms with Crippen LogP contribution in [-0.2, 0) is 0 Å². The van der Waals surface area contributed by atoms with Crippen LogP contribution in [0.15, 0.2) is 23.8 Å². The number of hydrogen-bond donors (Lipinski definition) is 1. The number of para-hydroxylation sites is 1. The molecule has 0 aromatic heterocycles. The van der Waals surface area contributed by atoms with E-state index >= 15 is 0 Å². The summed E-state index contributed by atoms with van der Waals surface area (Å²) >= 11 is 0. The molecular weight excluding hydrogens is 216 g/mol. The lowest BCUT2D eigenvalue weighted by Gasteiger charge is -2.13. The summed E-state index contributed by atoms with van der Waals surface area (Å²) in [4.78, 5) is 0. The van der Waals surface area contributed by atoms with Gasteiger partial charge in [0.15, 0.2) is 11.5 Å². The molecule has 1 rings (SSSR count). The van der Waals surface area contributed by atoms with Crippen molar-refractivity contribution in [2.24, 2.45) is 5.73 Å². The molecule has 1 aromatic carbocycles. The lowest BCUT2D eigenvalue weighted by Crippen LogP contribution is -2.04. The average molecular weight is 232 g/mol. The van der Waals surface area contributed by atoms with E-state index in [9.17, 15) is 0 Å². The molecule has 0 unspecified atom stereocenters. The smallest absolute Gasteiger partial charge is 0.170 e. The molecule has 0 bridgehead atoms. The van der Waals surface area contributed by atoms with Gasteiger partial charge < -0.3 is 15.2 Å². The third-order valence-corrected chi connectivity index (χ3v) is 2.51. The fourth-order valence-corrected chi connectivity index (χ4v) is 1.59. The number of nitriles is 1. The fraction of sp³-hybridized carbons (Fsp3) is 0.308. The zero-order valence-corrected chi connectivity index (χ0v) is 10.3. The predicted octanol–water partition coefficient (Wildman–Crippen LogP) is 2.31. The highest BCUT2D eigenvalue weighted by Gasteiger charge is 2.13. The van der Waals surface area contributed by atoms with E-state index in [-0.39, 0.29) is 0 Å². The van der Waals surface area contributed by atoms with Gasteiger partial charge in [-0.15, -0.1) is 0 Å². The molecule has 17 heavy (non-hydrogen) atoms. The van der Waals surface area contributed by atoms with E-state index in [2.05, 4.69) is 6.07 Å². The minimum atomic E-state index is 0.436. The monoisotopic (exact) mass is 232 g/mol. The molecule has 0 heterocycles. The lowest BCUT2D eigenvalue weighted by atomic mass is 10.0. The fourth-order valence-electron chi connectivity index (χ4n) is 1.59. The third-order valence-electron chi connectivity index (χ3n) is 2.51. The number of hydrogen-bond acceptors (Lipinski definition) is 4. The topological polar surface area (TPSA) is 68.3 Å². The van der Waals surface area contributed by atoms with Crippen molar-refractivity contribution in [1.29, 1.82) is 5.26 Å². The van der Waals surface area contributed by atoms with Crippen LogP contribution in [0.5, 0.6) is 11.5 Å². The van der Waals surface area contributed by atoms with Gasteiger partial charge in [-0.25, -0.2) is 0 Å². The van der Waals surface area contributed by atoms with Gasteiger partial charge in [0.2, 0.25) is 0 Å². The Morgan fingerprint density at radius 2 is 2.06 bits per heavy atom. The maximum atomic E-state index is 8.99. The summed E-state index contributed by atoms with van der Waals surface area (Å²) in [6.07, 6.45) is 0.586. The van der Waals surface area contributed by atoms with Crippen molar-refractivity contribution in [3.05, 3.63) is 29.3 Å². The molecule has 0 aliphatic carbocycles. The molecule has 0 saturated carbocycles. The number of nitrogens with two attached hydrogens (primary N) is 1. The quantitative estimate of drug-likeness (QED) is 0.809. The van der Waals surface area contributed by atoms with Crippen molar-refractivity contribution < 1.29 is 9.47 Å². The average Bonchev–Trinajstić information content (AvgIpc) is 2.38. The lowest BCUT2D eigenvalue weighted by molar-refractivity contribution is 0.354. The number of rotatable bonds is 4. The Labute approximate surface area is 101 Å². The Hall–Kier alpha value is -2.15. The molecule has 0 amide bonds. The zero-order chi connectivity index (χ0) is 12.8. The van der Waals surface area contributed by atoms with E-state index in [1.165, 1.54) is 0 Å². The molecule has 0 aliphatic rings. The summed E-state index contributed by atoms with van der Waals surface area (Å²) < 4.78 is 10.5. The number of methoxy groups -OCH3 is 2. The van der Waals surface area contributed by atoms with Gasteiger partial charge in [-0.3, -0.25) is 0 Å². The van der Waals surface area contributed by atoms with Gasteiger partial charge in [0, 0.05) is 5.56 Å². The molecule has 0 aliphatic heterocycles. The second-order valence-corrected chi connectivity index (χ2v) is 3.40. The van der Waals surface area contributed by atoms with Crippen molar-refractivity contribution >= 4 is 5.70 Å². The molecule has 0 radical (unpaired) electrons. The van der Waals surface area contributed by atoms with Crippen LogP contribution in [0, 0.1) is 11.3 Å². The summed E-state index contributed by atoms with van der Waals surface area (Å²) in [5.41, 5.74) is 7.64. The van der Waals surface area contributed by atoms with E-state index in [0.717, 1.165) is 0 Å². The SMILES string of the molecule is CC/C(C#N)=C(/N)c1cccc(OC)c1OC. The third kappa shape index (κ3) is 2.51. The van der Waals surface area contributed by atoms with Gasteiger partial charge in [0.25, 0.3) is 0 Å². The molecular formula is C13H16N2O2. The van der Waals surface area contributed by atoms with E-state index in [1.807, 2.05) is 19.1 Å². The molecule has 0 spiro atoms. The number of nitrogens with zero attached hydrogens (tertiary/aromatic N) is 1. The standard InChI is InChI=1S/C13H16N2O2/c1-4-9(8-14)12(15)10-6-5-7-11(16-2)13(10)17-3/h5-7H,4,15H2,1-3H3/b12-9-. The van der Waals surface area contributed by atoms with E-state index in [1.54, 1.807) is 20.3 Å². The molecule has 4 heteroatoms. The van der Waals surface area contributed by atoms with Crippen LogP contribution >= 0.6 is 0 Å². The zero-order valence-electron chi connectivity index (χ0n) is 10.3. The molecule has 0 fully saturated rings. The first-order chi connectivity index (χ1) is 8.19. The van der Waals surface area contributed by atoms with Gasteiger partial charge in [-0.1, -0.05) is 13.0 Å². The van der Waals surface area contributed by atoms with Crippen LogP contribution in [0.4, 0.5) is 0 Å². The maximum Gasteiger partial charge on any atom is 0.170 e. The van der Waals surface area contributed by atoms with Crippen LogP contribution in [0.25, 0.3) is 5.70 Å². The van der Waals surface area contributed by atoms with Crippen molar-refractivity contribution in [1.82, 2.24) is 0 Å². The molecule has 4 nitrogen and oxygen atoms in total. The van der Waals surface area contributed by atoms with Gasteiger partial charge in [-0.2, -0.15) is 5.26 Å². The first kappa shape index (κ1) is 12.9. The second kappa shape index (κ2) is 5.80. The van der Waals surface area contributed by atoms with Gasteiger partial charge in [0.1, 0.15) is 0 Å². The Balaban J connectivity index is 3.42. The molecule has 0 saturated heterocycles. The highest BCUT2D eigenvalue weighted by Crippen LogP contribution is 2.34. The highest BCUT2D eigenvalue weighted by molar-refractivity contribution is 5.75. The van der Waals surface area contributed by atoms with E-state index < -0.39 is 0 Å². The van der Waals surface area contributed by atoms with E-state index in [0.29, 0.717) is 34.8 Å². The number of ether oxygens (including phenoxy) is 2.